The Hall–Kier alpha value is -1.76. The van der Waals surface area contributed by atoms with E-state index < -0.39 is 16.1 Å². The number of ether oxygens (including phenoxy) is 1. The summed E-state index contributed by atoms with van der Waals surface area (Å²) in [6.07, 6.45) is 0. The Balaban J connectivity index is 1.98. The molecule has 1 atom stereocenters. The first kappa shape index (κ1) is 15.1. The van der Waals surface area contributed by atoms with E-state index >= 15 is 0 Å². The van der Waals surface area contributed by atoms with Crippen LogP contribution in [0.1, 0.15) is 11.6 Å². The lowest BCUT2D eigenvalue weighted by Gasteiger charge is -2.34. The second-order valence-corrected chi connectivity index (χ2v) is 6.96. The summed E-state index contributed by atoms with van der Waals surface area (Å²) in [7, 11) is -3.61. The summed E-state index contributed by atoms with van der Waals surface area (Å²) in [5.41, 5.74) is 0.723. The fourth-order valence-corrected chi connectivity index (χ4v) is 4.16. The number of nitrogens with zero attached hydrogens (tertiary/aromatic N) is 1. The van der Waals surface area contributed by atoms with Crippen LogP contribution < -0.4 is 0 Å². The summed E-state index contributed by atoms with van der Waals surface area (Å²) in [6, 6.07) is 13.7. The molecule has 0 saturated carbocycles. The van der Waals surface area contributed by atoms with Crippen LogP contribution in [0.5, 0.6) is 0 Å². The molecule has 3 rings (SSSR count). The van der Waals surface area contributed by atoms with Gasteiger partial charge in [-0.1, -0.05) is 30.3 Å². The van der Waals surface area contributed by atoms with Crippen molar-refractivity contribution in [3.8, 4) is 0 Å². The third-order valence-electron chi connectivity index (χ3n) is 3.68. The number of hydrogen-bond acceptors (Lipinski definition) is 3. The van der Waals surface area contributed by atoms with Crippen molar-refractivity contribution >= 4 is 10.0 Å². The molecule has 1 aliphatic rings. The fraction of sp³-hybridized carbons (Fsp3) is 0.250. The van der Waals surface area contributed by atoms with Crippen LogP contribution in [0.15, 0.2) is 59.5 Å². The second kappa shape index (κ2) is 6.16. The Bertz CT molecular complexity index is 732. The van der Waals surface area contributed by atoms with Crippen molar-refractivity contribution < 1.29 is 17.5 Å². The molecular formula is C16H16FNO3S. The van der Waals surface area contributed by atoms with E-state index in [1.54, 1.807) is 42.5 Å². The highest BCUT2D eigenvalue weighted by Gasteiger charge is 2.34. The second-order valence-electron chi connectivity index (χ2n) is 5.07. The lowest BCUT2D eigenvalue weighted by molar-refractivity contribution is 0.0320. The lowest BCUT2D eigenvalue weighted by atomic mass is 10.1. The summed E-state index contributed by atoms with van der Waals surface area (Å²) in [5.74, 6) is -0.349. The average molecular weight is 321 g/mol. The van der Waals surface area contributed by atoms with Gasteiger partial charge < -0.3 is 4.74 Å². The minimum Gasteiger partial charge on any atom is -0.378 e. The molecule has 0 spiro atoms. The van der Waals surface area contributed by atoms with E-state index in [9.17, 15) is 12.8 Å². The molecule has 1 unspecified atom stereocenters. The Morgan fingerprint density at radius 2 is 1.73 bits per heavy atom. The maximum absolute atomic E-state index is 13.1. The van der Waals surface area contributed by atoms with Crippen LogP contribution in [0.2, 0.25) is 0 Å². The van der Waals surface area contributed by atoms with Gasteiger partial charge in [0.1, 0.15) is 5.82 Å². The van der Waals surface area contributed by atoms with Crippen molar-refractivity contribution in [2.24, 2.45) is 0 Å². The molecule has 1 saturated heterocycles. The monoisotopic (exact) mass is 321 g/mol. The zero-order valence-corrected chi connectivity index (χ0v) is 12.7. The Labute approximate surface area is 129 Å². The van der Waals surface area contributed by atoms with Gasteiger partial charge in [-0.05, 0) is 29.8 Å². The normalized spacial score (nSPS) is 20.0. The van der Waals surface area contributed by atoms with Crippen LogP contribution in [-0.4, -0.2) is 32.5 Å². The largest absolute Gasteiger partial charge is 0.378 e. The summed E-state index contributed by atoms with van der Waals surface area (Å²) < 4.78 is 45.6. The van der Waals surface area contributed by atoms with Crippen molar-refractivity contribution in [3.63, 3.8) is 0 Å². The molecule has 116 valence electrons. The van der Waals surface area contributed by atoms with Gasteiger partial charge >= 0.3 is 0 Å². The van der Waals surface area contributed by atoms with Crippen molar-refractivity contribution in [2.75, 3.05) is 19.8 Å². The topological polar surface area (TPSA) is 46.6 Å². The summed E-state index contributed by atoms with van der Waals surface area (Å²) >= 11 is 0. The van der Waals surface area contributed by atoms with Gasteiger partial charge in [0.15, 0.2) is 0 Å². The number of morpholine rings is 1. The molecular weight excluding hydrogens is 305 g/mol. The molecule has 2 aromatic rings. The Kier molecular flexibility index (Phi) is 4.24. The summed E-state index contributed by atoms with van der Waals surface area (Å²) in [6.45, 7) is 0.890. The number of hydrogen-bond donors (Lipinski definition) is 0. The van der Waals surface area contributed by atoms with Gasteiger partial charge in [0.2, 0.25) is 10.0 Å². The Morgan fingerprint density at radius 1 is 1.05 bits per heavy atom. The van der Waals surface area contributed by atoms with Gasteiger partial charge in [-0.3, -0.25) is 0 Å². The van der Waals surface area contributed by atoms with Crippen LogP contribution in [0, 0.1) is 5.82 Å². The van der Waals surface area contributed by atoms with E-state index in [4.69, 9.17) is 4.74 Å². The van der Waals surface area contributed by atoms with E-state index in [0.29, 0.717) is 6.61 Å². The van der Waals surface area contributed by atoms with Gasteiger partial charge in [-0.25, -0.2) is 12.8 Å². The fourth-order valence-electron chi connectivity index (χ4n) is 2.55. The zero-order chi connectivity index (χ0) is 15.6. The maximum atomic E-state index is 13.1. The summed E-state index contributed by atoms with van der Waals surface area (Å²) in [4.78, 5) is 0.254. The van der Waals surface area contributed by atoms with Crippen LogP contribution >= 0.6 is 0 Å². The van der Waals surface area contributed by atoms with Crippen molar-refractivity contribution in [1.82, 2.24) is 4.31 Å². The molecule has 22 heavy (non-hydrogen) atoms. The number of rotatable bonds is 3. The SMILES string of the molecule is O=S(=O)(c1ccccc1)N1CCOCC1c1ccc(F)cc1. The third-order valence-corrected chi connectivity index (χ3v) is 5.61. The average Bonchev–Trinajstić information content (AvgIpc) is 2.56. The predicted molar refractivity (Wildman–Crippen MR) is 80.3 cm³/mol. The molecule has 6 heteroatoms. The highest BCUT2D eigenvalue weighted by molar-refractivity contribution is 7.89. The first-order valence-electron chi connectivity index (χ1n) is 6.99. The quantitative estimate of drug-likeness (QED) is 0.873. The molecule has 1 aliphatic heterocycles. The number of benzene rings is 2. The molecule has 2 aromatic carbocycles. The predicted octanol–water partition coefficient (Wildman–Crippen LogP) is 2.59. The third kappa shape index (κ3) is 2.90. The molecule has 4 nitrogen and oxygen atoms in total. The summed E-state index contributed by atoms with van der Waals surface area (Å²) in [5, 5.41) is 0. The maximum Gasteiger partial charge on any atom is 0.243 e. The van der Waals surface area contributed by atoms with Gasteiger partial charge in [-0.15, -0.1) is 0 Å². The lowest BCUT2D eigenvalue weighted by Crippen LogP contribution is -2.43. The minimum atomic E-state index is -3.61. The number of sulfonamides is 1. The minimum absolute atomic E-state index is 0.254. The molecule has 0 bridgehead atoms. The van der Waals surface area contributed by atoms with E-state index in [1.165, 1.54) is 16.4 Å². The molecule has 0 aromatic heterocycles. The molecule has 1 heterocycles. The van der Waals surface area contributed by atoms with Gasteiger partial charge in [0.25, 0.3) is 0 Å². The van der Waals surface area contributed by atoms with Crippen molar-refractivity contribution in [3.05, 3.63) is 66.0 Å². The van der Waals surface area contributed by atoms with Crippen molar-refractivity contribution in [2.45, 2.75) is 10.9 Å². The van der Waals surface area contributed by atoms with Crippen LogP contribution in [0.3, 0.4) is 0 Å². The van der Waals surface area contributed by atoms with E-state index in [0.717, 1.165) is 5.56 Å². The first-order valence-corrected chi connectivity index (χ1v) is 8.43. The van der Waals surface area contributed by atoms with Crippen LogP contribution in [0.25, 0.3) is 0 Å². The van der Waals surface area contributed by atoms with Gasteiger partial charge in [0, 0.05) is 6.54 Å². The molecule has 0 radical (unpaired) electrons. The smallest absolute Gasteiger partial charge is 0.243 e. The number of halogens is 1. The van der Waals surface area contributed by atoms with Crippen LogP contribution in [0.4, 0.5) is 4.39 Å². The van der Waals surface area contributed by atoms with E-state index in [1.807, 2.05) is 0 Å². The van der Waals surface area contributed by atoms with Crippen LogP contribution in [-0.2, 0) is 14.8 Å². The van der Waals surface area contributed by atoms with Gasteiger partial charge in [-0.2, -0.15) is 4.31 Å². The zero-order valence-electron chi connectivity index (χ0n) is 11.9. The van der Waals surface area contributed by atoms with E-state index in [2.05, 4.69) is 0 Å². The molecule has 0 aliphatic carbocycles. The Morgan fingerprint density at radius 3 is 2.41 bits per heavy atom. The molecule has 0 N–H and O–H groups in total. The highest BCUT2D eigenvalue weighted by Crippen LogP contribution is 2.30. The molecule has 0 amide bonds. The van der Waals surface area contributed by atoms with Gasteiger partial charge in [0.05, 0.1) is 24.2 Å². The first-order chi connectivity index (χ1) is 10.6. The molecule has 1 fully saturated rings. The van der Waals surface area contributed by atoms with E-state index in [-0.39, 0.29) is 23.9 Å². The standard InChI is InChI=1S/C16H16FNO3S/c17-14-8-6-13(7-9-14)16-12-21-11-10-18(16)22(19,20)15-4-2-1-3-5-15/h1-9,16H,10-12H2. The highest BCUT2D eigenvalue weighted by atomic mass is 32.2. The van der Waals surface area contributed by atoms with Crippen molar-refractivity contribution in [1.29, 1.82) is 0 Å².